The highest BCUT2D eigenvalue weighted by atomic mass is 16.6. The molecule has 2 aliphatic heterocycles. The number of hydrogen-bond acceptors (Lipinski definition) is 7. The highest BCUT2D eigenvalue weighted by Crippen LogP contribution is 2.28. The number of ether oxygens (including phenoxy) is 1. The maximum Gasteiger partial charge on any atom is 0.411 e. The van der Waals surface area contributed by atoms with E-state index >= 15 is 0 Å². The van der Waals surface area contributed by atoms with Crippen molar-refractivity contribution in [3.8, 4) is 16.9 Å². The molecule has 0 aliphatic carbocycles. The van der Waals surface area contributed by atoms with E-state index < -0.39 is 6.09 Å². The molecule has 2 heterocycles. The molecule has 2 fully saturated rings. The summed E-state index contributed by atoms with van der Waals surface area (Å²) in [4.78, 5) is 42.5. The molecule has 0 radical (unpaired) electrons. The Balaban J connectivity index is 0.938. The van der Waals surface area contributed by atoms with Gasteiger partial charge in [0.2, 0.25) is 11.8 Å². The number of carbonyl (C=O) groups excluding carboxylic acids is 3. The van der Waals surface area contributed by atoms with Crippen LogP contribution in [0.5, 0.6) is 5.75 Å². The van der Waals surface area contributed by atoms with Crippen molar-refractivity contribution in [1.82, 2.24) is 20.4 Å². The Bertz CT molecular complexity index is 1450. The summed E-state index contributed by atoms with van der Waals surface area (Å²) in [5, 5.41) is 18.9. The van der Waals surface area contributed by atoms with Gasteiger partial charge in [-0.3, -0.25) is 14.9 Å². The topological polar surface area (TPSA) is 123 Å². The van der Waals surface area contributed by atoms with E-state index in [0.717, 1.165) is 87.0 Å². The van der Waals surface area contributed by atoms with Gasteiger partial charge in [0.25, 0.3) is 0 Å². The molecule has 3 aromatic carbocycles. The van der Waals surface area contributed by atoms with Gasteiger partial charge in [-0.2, -0.15) is 0 Å². The second-order valence-corrected chi connectivity index (χ2v) is 12.7. The van der Waals surface area contributed by atoms with Gasteiger partial charge in [0.1, 0.15) is 11.9 Å². The second kappa shape index (κ2) is 18.2. The van der Waals surface area contributed by atoms with Gasteiger partial charge >= 0.3 is 6.09 Å². The third-order valence-electron chi connectivity index (χ3n) is 9.12. The van der Waals surface area contributed by atoms with Crippen LogP contribution in [0, 0.1) is 0 Å². The number of aromatic hydroxyl groups is 1. The van der Waals surface area contributed by atoms with Crippen LogP contribution in [-0.2, 0) is 20.9 Å². The average Bonchev–Trinajstić information content (AvgIpc) is 3.65. The van der Waals surface area contributed by atoms with E-state index in [-0.39, 0.29) is 29.7 Å². The van der Waals surface area contributed by atoms with E-state index in [1.807, 2.05) is 71.6 Å². The minimum absolute atomic E-state index is 0.0428. The molecule has 2 aliphatic rings. The Kier molecular flexibility index (Phi) is 13.3. The number of piperidine rings is 1. The van der Waals surface area contributed by atoms with Crippen LogP contribution in [0.4, 0.5) is 10.5 Å². The van der Waals surface area contributed by atoms with Gasteiger partial charge in [0.05, 0.1) is 11.7 Å². The van der Waals surface area contributed by atoms with Crippen molar-refractivity contribution >= 4 is 23.6 Å². The van der Waals surface area contributed by atoms with Gasteiger partial charge in [0, 0.05) is 51.3 Å². The maximum absolute atomic E-state index is 13.1. The van der Waals surface area contributed by atoms with E-state index in [2.05, 4.69) is 20.9 Å². The number of phenols is 1. The van der Waals surface area contributed by atoms with Gasteiger partial charge < -0.3 is 30.3 Å². The summed E-state index contributed by atoms with van der Waals surface area (Å²) in [5.74, 6) is 0.396. The minimum atomic E-state index is -0.446. The fourth-order valence-electron chi connectivity index (χ4n) is 6.39. The molecular weight excluding hydrogens is 606 g/mol. The van der Waals surface area contributed by atoms with E-state index in [4.69, 9.17) is 4.74 Å². The molecule has 1 atom stereocenters. The van der Waals surface area contributed by atoms with Gasteiger partial charge in [-0.05, 0) is 80.8 Å². The summed E-state index contributed by atoms with van der Waals surface area (Å²) in [6, 6.07) is 24.5. The lowest BCUT2D eigenvalue weighted by atomic mass is 10.0. The number of nitrogens with zero attached hydrogens (tertiary/aromatic N) is 2. The zero-order valence-corrected chi connectivity index (χ0v) is 27.7. The molecule has 0 spiro atoms. The van der Waals surface area contributed by atoms with E-state index in [9.17, 15) is 19.5 Å². The number of benzene rings is 3. The standard InChI is InChI=1S/C38H49N5O5/c44-31-17-15-29(16-18-31)28-43(37(46)35-14-9-23-39-35)24-8-2-7-22-40-36(45)21-27-42-25-19-32(20-26-42)48-38(47)41-34-13-6-5-12-33(34)30-10-3-1-4-11-30/h1,3-6,10-13,15-18,32,35,39,44H,2,7-9,14,19-28H2,(H,40,45)(H,41,47). The van der Waals surface area contributed by atoms with E-state index in [1.165, 1.54) is 0 Å². The minimum Gasteiger partial charge on any atom is -0.508 e. The Labute approximate surface area is 283 Å². The molecule has 10 heteroatoms. The first kappa shape index (κ1) is 34.9. The molecule has 3 amide bonds. The van der Waals surface area contributed by atoms with Crippen molar-refractivity contribution in [2.24, 2.45) is 0 Å². The summed E-state index contributed by atoms with van der Waals surface area (Å²) in [5.41, 5.74) is 3.69. The molecular formula is C38H49N5O5. The Morgan fingerprint density at radius 3 is 2.40 bits per heavy atom. The number of para-hydroxylation sites is 1. The number of likely N-dealkylation sites (tertiary alicyclic amines) is 1. The Morgan fingerprint density at radius 1 is 0.896 bits per heavy atom. The molecule has 48 heavy (non-hydrogen) atoms. The van der Waals surface area contributed by atoms with Gasteiger partial charge in [-0.25, -0.2) is 4.79 Å². The summed E-state index contributed by atoms with van der Waals surface area (Å²) >= 11 is 0. The molecule has 1 unspecified atom stereocenters. The van der Waals surface area contributed by atoms with Crippen LogP contribution < -0.4 is 16.0 Å². The molecule has 5 rings (SSSR count). The summed E-state index contributed by atoms with van der Waals surface area (Å²) in [6.07, 6.45) is 5.82. The summed E-state index contributed by atoms with van der Waals surface area (Å²) < 4.78 is 5.74. The van der Waals surface area contributed by atoms with Gasteiger partial charge in [-0.15, -0.1) is 0 Å². The summed E-state index contributed by atoms with van der Waals surface area (Å²) in [6.45, 7) is 4.91. The fraction of sp³-hybridized carbons (Fsp3) is 0.447. The maximum atomic E-state index is 13.1. The number of anilines is 1. The quantitative estimate of drug-likeness (QED) is 0.159. The first-order valence-corrected chi connectivity index (χ1v) is 17.4. The number of carbonyl (C=O) groups is 3. The van der Waals surface area contributed by atoms with Crippen LogP contribution >= 0.6 is 0 Å². The zero-order chi connectivity index (χ0) is 33.6. The SMILES string of the molecule is O=C(CCN1CCC(OC(=O)Nc2ccccc2-c2ccccc2)CC1)NCCCCCN(Cc1ccc(O)cc1)C(=O)C1CCCN1. The number of rotatable bonds is 15. The van der Waals surface area contributed by atoms with E-state index in [0.29, 0.717) is 32.6 Å². The van der Waals surface area contributed by atoms with Crippen LogP contribution in [-0.4, -0.2) is 84.2 Å². The average molecular weight is 656 g/mol. The van der Waals surface area contributed by atoms with Gasteiger partial charge in [-0.1, -0.05) is 60.7 Å². The molecule has 10 nitrogen and oxygen atoms in total. The van der Waals surface area contributed by atoms with Crippen LogP contribution in [0.2, 0.25) is 0 Å². The molecule has 0 saturated carbocycles. The van der Waals surface area contributed by atoms with Crippen LogP contribution in [0.15, 0.2) is 78.9 Å². The second-order valence-electron chi connectivity index (χ2n) is 12.7. The number of hydrogen-bond donors (Lipinski definition) is 4. The van der Waals surface area contributed by atoms with Crippen molar-refractivity contribution in [1.29, 1.82) is 0 Å². The Morgan fingerprint density at radius 2 is 1.65 bits per heavy atom. The van der Waals surface area contributed by atoms with Crippen molar-refractivity contribution in [3.05, 3.63) is 84.4 Å². The lowest BCUT2D eigenvalue weighted by Gasteiger charge is -2.31. The number of nitrogens with one attached hydrogen (secondary N) is 3. The smallest absolute Gasteiger partial charge is 0.411 e. The van der Waals surface area contributed by atoms with Crippen molar-refractivity contribution < 1.29 is 24.2 Å². The zero-order valence-electron chi connectivity index (χ0n) is 27.7. The molecule has 3 aromatic rings. The monoisotopic (exact) mass is 655 g/mol. The number of amides is 3. The first-order valence-electron chi connectivity index (χ1n) is 17.4. The molecule has 0 bridgehead atoms. The summed E-state index contributed by atoms with van der Waals surface area (Å²) in [7, 11) is 0. The van der Waals surface area contributed by atoms with Crippen LogP contribution in [0.3, 0.4) is 0 Å². The van der Waals surface area contributed by atoms with Crippen molar-refractivity contribution in [3.63, 3.8) is 0 Å². The highest BCUT2D eigenvalue weighted by molar-refractivity contribution is 5.91. The van der Waals surface area contributed by atoms with Crippen molar-refractivity contribution in [2.75, 3.05) is 44.6 Å². The van der Waals surface area contributed by atoms with Crippen LogP contribution in [0.25, 0.3) is 11.1 Å². The van der Waals surface area contributed by atoms with Gasteiger partial charge in [0.15, 0.2) is 0 Å². The predicted octanol–water partition coefficient (Wildman–Crippen LogP) is 5.53. The van der Waals surface area contributed by atoms with Crippen LogP contribution in [0.1, 0.15) is 56.9 Å². The number of unbranched alkanes of at least 4 members (excludes halogenated alkanes) is 2. The lowest BCUT2D eigenvalue weighted by Crippen LogP contribution is -2.43. The molecule has 256 valence electrons. The molecule has 2 saturated heterocycles. The largest absolute Gasteiger partial charge is 0.508 e. The third-order valence-corrected chi connectivity index (χ3v) is 9.12. The van der Waals surface area contributed by atoms with E-state index in [1.54, 1.807) is 12.1 Å². The lowest BCUT2D eigenvalue weighted by molar-refractivity contribution is -0.133. The highest BCUT2D eigenvalue weighted by Gasteiger charge is 2.27. The molecule has 0 aromatic heterocycles. The first-order chi connectivity index (χ1) is 23.4. The predicted molar refractivity (Wildman–Crippen MR) is 187 cm³/mol. The third kappa shape index (κ3) is 10.8. The Hall–Kier alpha value is -4.41. The number of phenolic OH excluding ortho intramolecular Hbond substituents is 1. The van der Waals surface area contributed by atoms with Crippen molar-refractivity contribution in [2.45, 2.75) is 70.1 Å². The molecule has 4 N–H and O–H groups in total. The fourth-order valence-corrected chi connectivity index (χ4v) is 6.39. The normalized spacial score (nSPS) is 16.7.